The number of Topliss-reactive ketones (excluding diaryl/α,β-unsaturated/α-hetero) is 1. The van der Waals surface area contributed by atoms with Crippen molar-refractivity contribution >= 4 is 17.7 Å². The Morgan fingerprint density at radius 3 is 1.92 bits per heavy atom. The summed E-state index contributed by atoms with van der Waals surface area (Å²) in [6.07, 6.45) is 3.82. The number of esters is 1. The van der Waals surface area contributed by atoms with Gasteiger partial charge in [0.1, 0.15) is 5.78 Å². The van der Waals surface area contributed by atoms with Crippen LogP contribution < -0.4 is 5.32 Å². The lowest BCUT2D eigenvalue weighted by Gasteiger charge is -2.31. The van der Waals surface area contributed by atoms with Crippen LogP contribution in [0.4, 0.5) is 0 Å². The molecule has 1 saturated carbocycles. The Balaban J connectivity index is 1.85. The van der Waals surface area contributed by atoms with Crippen molar-refractivity contribution in [3.05, 3.63) is 71.8 Å². The maximum atomic E-state index is 13.6. The van der Waals surface area contributed by atoms with Gasteiger partial charge in [0.2, 0.25) is 5.91 Å². The largest absolute Gasteiger partial charge is 0.452 e. The molecule has 0 aliphatic heterocycles. The first-order valence-electron chi connectivity index (χ1n) is 13.5. The van der Waals surface area contributed by atoms with Crippen molar-refractivity contribution in [2.24, 2.45) is 23.7 Å². The number of hydrogen-bond acceptors (Lipinski definition) is 4. The van der Waals surface area contributed by atoms with Crippen LogP contribution in [0.15, 0.2) is 60.7 Å². The summed E-state index contributed by atoms with van der Waals surface area (Å²) >= 11 is 0. The molecular weight excluding hydrogens is 450 g/mol. The lowest BCUT2D eigenvalue weighted by Crippen LogP contribution is -2.43. The summed E-state index contributed by atoms with van der Waals surface area (Å²) in [5.41, 5.74) is 1.83. The molecule has 0 radical (unpaired) electrons. The summed E-state index contributed by atoms with van der Waals surface area (Å²) in [7, 11) is 0. The highest BCUT2D eigenvalue weighted by atomic mass is 16.5. The Morgan fingerprint density at radius 1 is 0.889 bits per heavy atom. The van der Waals surface area contributed by atoms with Crippen molar-refractivity contribution < 1.29 is 19.1 Å². The first kappa shape index (κ1) is 27.6. The highest BCUT2D eigenvalue weighted by molar-refractivity contribution is 5.83. The molecule has 5 nitrogen and oxygen atoms in total. The number of ether oxygens (including phenoxy) is 1. The minimum absolute atomic E-state index is 0.0635. The Labute approximate surface area is 216 Å². The molecule has 2 aromatic carbocycles. The van der Waals surface area contributed by atoms with Crippen LogP contribution in [0.1, 0.15) is 83.5 Å². The van der Waals surface area contributed by atoms with Crippen LogP contribution >= 0.6 is 0 Å². The van der Waals surface area contributed by atoms with Gasteiger partial charge >= 0.3 is 5.97 Å². The molecule has 1 fully saturated rings. The van der Waals surface area contributed by atoms with Gasteiger partial charge in [-0.15, -0.1) is 0 Å². The van der Waals surface area contributed by atoms with Crippen molar-refractivity contribution in [1.29, 1.82) is 0 Å². The maximum absolute atomic E-state index is 13.6. The predicted octanol–water partition coefficient (Wildman–Crippen LogP) is 6.27. The molecular formula is C31H41NO4. The zero-order valence-corrected chi connectivity index (χ0v) is 22.1. The van der Waals surface area contributed by atoms with Gasteiger partial charge in [0, 0.05) is 25.3 Å². The third-order valence-electron chi connectivity index (χ3n) is 7.79. The number of ketones is 1. The smallest absolute Gasteiger partial charge is 0.309 e. The summed E-state index contributed by atoms with van der Waals surface area (Å²) in [5.74, 6) is -0.412. The minimum Gasteiger partial charge on any atom is -0.452 e. The molecule has 2 aromatic rings. The zero-order chi connectivity index (χ0) is 26.1. The van der Waals surface area contributed by atoms with Gasteiger partial charge in [0.25, 0.3) is 0 Å². The van der Waals surface area contributed by atoms with E-state index in [9.17, 15) is 14.4 Å². The quantitative estimate of drug-likeness (QED) is 0.355. The van der Waals surface area contributed by atoms with Gasteiger partial charge in [-0.1, -0.05) is 94.3 Å². The number of hydrogen-bond donors (Lipinski definition) is 1. The molecule has 3 rings (SSSR count). The molecule has 4 atom stereocenters. The zero-order valence-electron chi connectivity index (χ0n) is 22.1. The van der Waals surface area contributed by atoms with E-state index in [2.05, 4.69) is 19.2 Å². The topological polar surface area (TPSA) is 72.5 Å². The summed E-state index contributed by atoms with van der Waals surface area (Å²) < 4.78 is 6.16. The second kappa shape index (κ2) is 13.4. The molecule has 36 heavy (non-hydrogen) atoms. The third-order valence-corrected chi connectivity index (χ3v) is 7.79. The lowest BCUT2D eigenvalue weighted by molar-refractivity contribution is -0.152. The molecule has 0 saturated heterocycles. The SMILES string of the molecule is CCC(=O)[C@@H]1C[C@H](C(=O)OC(c2ccccc2)c2ccccc2)C[C@H]1[C@H](CC(CC)CC)NC(C)=O. The number of rotatable bonds is 12. The van der Waals surface area contributed by atoms with Gasteiger partial charge < -0.3 is 10.1 Å². The average molecular weight is 492 g/mol. The number of carbonyl (C=O) groups is 3. The second-order valence-corrected chi connectivity index (χ2v) is 10.1. The third kappa shape index (κ3) is 7.05. The van der Waals surface area contributed by atoms with E-state index in [1.807, 2.05) is 67.6 Å². The molecule has 1 aliphatic carbocycles. The number of nitrogens with one attached hydrogen (secondary N) is 1. The fourth-order valence-corrected chi connectivity index (χ4v) is 5.72. The molecule has 1 amide bonds. The molecule has 1 N–H and O–H groups in total. The predicted molar refractivity (Wildman–Crippen MR) is 142 cm³/mol. The van der Waals surface area contributed by atoms with Crippen molar-refractivity contribution in [2.75, 3.05) is 0 Å². The van der Waals surface area contributed by atoms with E-state index in [0.717, 1.165) is 30.4 Å². The van der Waals surface area contributed by atoms with E-state index < -0.39 is 6.10 Å². The second-order valence-electron chi connectivity index (χ2n) is 10.1. The van der Waals surface area contributed by atoms with Crippen LogP contribution in [-0.2, 0) is 19.1 Å². The van der Waals surface area contributed by atoms with Crippen LogP contribution in [0.3, 0.4) is 0 Å². The summed E-state index contributed by atoms with van der Waals surface area (Å²) in [6, 6.07) is 19.4. The van der Waals surface area contributed by atoms with Crippen molar-refractivity contribution in [3.8, 4) is 0 Å². The van der Waals surface area contributed by atoms with Crippen LogP contribution in [0.25, 0.3) is 0 Å². The van der Waals surface area contributed by atoms with E-state index in [-0.39, 0.29) is 41.5 Å². The molecule has 0 unspecified atom stereocenters. The van der Waals surface area contributed by atoms with Crippen molar-refractivity contribution in [1.82, 2.24) is 5.32 Å². The van der Waals surface area contributed by atoms with Gasteiger partial charge in [0.15, 0.2) is 6.10 Å². The number of amides is 1. The van der Waals surface area contributed by atoms with Crippen LogP contribution in [-0.4, -0.2) is 23.7 Å². The Morgan fingerprint density at radius 2 is 1.44 bits per heavy atom. The molecule has 0 spiro atoms. The van der Waals surface area contributed by atoms with E-state index in [4.69, 9.17) is 4.74 Å². The summed E-state index contributed by atoms with van der Waals surface area (Å²) in [4.78, 5) is 38.7. The number of benzene rings is 2. The monoisotopic (exact) mass is 491 g/mol. The van der Waals surface area contributed by atoms with Crippen LogP contribution in [0, 0.1) is 23.7 Å². The molecule has 5 heteroatoms. The van der Waals surface area contributed by atoms with Crippen LogP contribution in [0.5, 0.6) is 0 Å². The summed E-state index contributed by atoms with van der Waals surface area (Å²) in [6.45, 7) is 7.73. The maximum Gasteiger partial charge on any atom is 0.309 e. The number of carbonyl (C=O) groups excluding carboxylic acids is 3. The van der Waals surface area contributed by atoms with Gasteiger partial charge in [-0.25, -0.2) is 0 Å². The highest BCUT2D eigenvalue weighted by Crippen LogP contribution is 2.43. The van der Waals surface area contributed by atoms with E-state index >= 15 is 0 Å². The molecule has 0 heterocycles. The van der Waals surface area contributed by atoms with Crippen molar-refractivity contribution in [3.63, 3.8) is 0 Å². The van der Waals surface area contributed by atoms with Crippen LogP contribution in [0.2, 0.25) is 0 Å². The first-order chi connectivity index (χ1) is 17.4. The molecule has 0 bridgehead atoms. The van der Waals surface area contributed by atoms with Gasteiger partial charge in [-0.2, -0.15) is 0 Å². The average Bonchev–Trinajstić information content (AvgIpc) is 3.35. The standard InChI is InChI=1S/C31H41NO4/c1-5-22(6-2)18-28(32-21(4)33)26-19-25(20-27(26)29(34)7-3)31(35)36-30(23-14-10-8-11-15-23)24-16-12-9-13-17-24/h8-17,22,25-28,30H,5-7,18-20H2,1-4H3,(H,32,33)/t25-,26-,27-,28+/m1/s1. The Bertz CT molecular complexity index is 947. The summed E-state index contributed by atoms with van der Waals surface area (Å²) in [5, 5.41) is 3.14. The minimum atomic E-state index is -0.505. The molecule has 0 aromatic heterocycles. The highest BCUT2D eigenvalue weighted by Gasteiger charge is 2.46. The van der Waals surface area contributed by atoms with Gasteiger partial charge in [0.05, 0.1) is 5.92 Å². The van der Waals surface area contributed by atoms with Crippen molar-refractivity contribution in [2.45, 2.75) is 78.4 Å². The van der Waals surface area contributed by atoms with E-state index in [0.29, 0.717) is 25.2 Å². The van der Waals surface area contributed by atoms with Gasteiger partial charge in [-0.3, -0.25) is 14.4 Å². The normalized spacial score (nSPS) is 20.3. The fourth-order valence-electron chi connectivity index (χ4n) is 5.72. The fraction of sp³-hybridized carbons (Fsp3) is 0.516. The van der Waals surface area contributed by atoms with E-state index in [1.54, 1.807) is 0 Å². The lowest BCUT2D eigenvalue weighted by atomic mass is 9.80. The molecule has 1 aliphatic rings. The Kier molecular flexibility index (Phi) is 10.3. The molecule has 194 valence electrons. The first-order valence-corrected chi connectivity index (χ1v) is 13.5. The van der Waals surface area contributed by atoms with E-state index in [1.165, 1.54) is 6.92 Å². The Hall–Kier alpha value is -2.95. The van der Waals surface area contributed by atoms with Gasteiger partial charge in [-0.05, 0) is 42.2 Å².